The molecule has 9 heteroatoms. The van der Waals surface area contributed by atoms with Crippen molar-refractivity contribution in [1.82, 2.24) is 14.5 Å². The van der Waals surface area contributed by atoms with E-state index in [1.54, 1.807) is 18.0 Å². The zero-order valence-corrected chi connectivity index (χ0v) is 16.7. The van der Waals surface area contributed by atoms with Crippen LogP contribution >= 0.6 is 27.7 Å². The van der Waals surface area contributed by atoms with Gasteiger partial charge in [0.05, 0.1) is 12.1 Å². The minimum Gasteiger partial charge on any atom is -0.454 e. The van der Waals surface area contributed by atoms with Gasteiger partial charge in [-0.2, -0.15) is 0 Å². The van der Waals surface area contributed by atoms with Crippen LogP contribution in [0.25, 0.3) is 11.0 Å². The summed E-state index contributed by atoms with van der Waals surface area (Å²) in [6.07, 6.45) is 3.77. The van der Waals surface area contributed by atoms with Gasteiger partial charge in [-0.15, -0.1) is 0 Å². The first kappa shape index (κ1) is 16.9. The van der Waals surface area contributed by atoms with Crippen LogP contribution in [0.2, 0.25) is 0 Å². The largest absolute Gasteiger partial charge is 0.454 e. The van der Waals surface area contributed by atoms with Gasteiger partial charge in [-0.25, -0.2) is 9.97 Å². The molecule has 0 amide bonds. The Morgan fingerprint density at radius 2 is 2.07 bits per heavy atom. The van der Waals surface area contributed by atoms with Gasteiger partial charge in [0, 0.05) is 27.8 Å². The number of halogens is 1. The van der Waals surface area contributed by atoms with E-state index in [1.165, 1.54) is 5.71 Å². The van der Waals surface area contributed by atoms with Crippen molar-refractivity contribution >= 4 is 50.3 Å². The van der Waals surface area contributed by atoms with Crippen molar-refractivity contribution in [3.63, 3.8) is 0 Å². The van der Waals surface area contributed by atoms with E-state index in [-0.39, 0.29) is 6.79 Å². The van der Waals surface area contributed by atoms with Crippen LogP contribution in [0.3, 0.4) is 0 Å². The summed E-state index contributed by atoms with van der Waals surface area (Å²) in [4.78, 5) is 14.2. The Kier molecular flexibility index (Phi) is 4.20. The predicted molar refractivity (Wildman–Crippen MR) is 108 cm³/mol. The molecule has 2 N–H and O–H groups in total. The molecule has 27 heavy (non-hydrogen) atoms. The molecular formula is C18H16BrN5O2S. The highest BCUT2D eigenvalue weighted by molar-refractivity contribution is 9.10. The molecule has 5 rings (SSSR count). The van der Waals surface area contributed by atoms with E-state index in [2.05, 4.69) is 30.5 Å². The number of pyridine rings is 1. The number of fused-ring (bicyclic) bond motifs is 2. The quantitative estimate of drug-likeness (QED) is 0.618. The number of nitrogens with two attached hydrogens (primary N) is 1. The Morgan fingerprint density at radius 3 is 2.89 bits per heavy atom. The lowest BCUT2D eigenvalue weighted by atomic mass is 10.2. The maximum Gasteiger partial charge on any atom is 0.231 e. The second-order valence-electron chi connectivity index (χ2n) is 6.33. The smallest absolute Gasteiger partial charge is 0.231 e. The fraction of sp³-hybridized carbons (Fsp3) is 0.278. The Labute approximate surface area is 168 Å². The first-order valence-corrected chi connectivity index (χ1v) is 10.2. The number of imidazole rings is 1. The molecule has 0 bridgehead atoms. The molecule has 0 unspecified atom stereocenters. The molecule has 0 fully saturated rings. The number of hydrogen-bond acceptors (Lipinski definition) is 7. The third-order valence-electron chi connectivity index (χ3n) is 4.52. The highest BCUT2D eigenvalue weighted by Gasteiger charge is 2.20. The van der Waals surface area contributed by atoms with Crippen molar-refractivity contribution < 1.29 is 9.47 Å². The first-order chi connectivity index (χ1) is 13.2. The molecule has 4 heterocycles. The number of aromatic nitrogens is 3. The third-order valence-corrected chi connectivity index (χ3v) is 6.49. The van der Waals surface area contributed by atoms with Crippen molar-refractivity contribution in [1.29, 1.82) is 0 Å². The lowest BCUT2D eigenvalue weighted by Gasteiger charge is -2.10. The van der Waals surface area contributed by atoms with E-state index in [4.69, 9.17) is 20.2 Å². The zero-order chi connectivity index (χ0) is 18.4. The van der Waals surface area contributed by atoms with E-state index in [0.29, 0.717) is 5.82 Å². The summed E-state index contributed by atoms with van der Waals surface area (Å²) in [6, 6.07) is 5.87. The van der Waals surface area contributed by atoms with E-state index >= 15 is 0 Å². The summed E-state index contributed by atoms with van der Waals surface area (Å²) in [5.41, 5.74) is 9.10. The van der Waals surface area contributed by atoms with Crippen LogP contribution < -0.4 is 15.2 Å². The van der Waals surface area contributed by atoms with Crippen molar-refractivity contribution in [3.05, 3.63) is 28.9 Å². The number of nitrogens with zero attached hydrogens (tertiary/aromatic N) is 4. The van der Waals surface area contributed by atoms with Gasteiger partial charge in [0.1, 0.15) is 5.52 Å². The van der Waals surface area contributed by atoms with Gasteiger partial charge in [0.2, 0.25) is 6.79 Å². The second kappa shape index (κ2) is 6.72. The molecule has 138 valence electrons. The van der Waals surface area contributed by atoms with E-state index in [0.717, 1.165) is 63.0 Å². The molecule has 2 aliphatic heterocycles. The van der Waals surface area contributed by atoms with Crippen LogP contribution in [0.15, 0.2) is 43.9 Å². The Bertz CT molecular complexity index is 1080. The second-order valence-corrected chi connectivity index (χ2v) is 8.20. The number of benzene rings is 1. The minimum absolute atomic E-state index is 0.250. The van der Waals surface area contributed by atoms with Crippen molar-refractivity contribution in [2.45, 2.75) is 29.4 Å². The molecule has 0 radical (unpaired) electrons. The molecular weight excluding hydrogens is 430 g/mol. The standard InChI is InChI=1S/C18H16BrN5O2S/c19-11-6-13-14(26-9-25-13)7-15(11)27-18-23-16-12(3-4-21-17(16)20)24(18)5-1-2-10-8-22-10/h3-4,6-7H,1-2,5,8-9H2,(H2,20,21). The number of rotatable bonds is 6. The van der Waals surface area contributed by atoms with Gasteiger partial charge in [0.25, 0.3) is 0 Å². The minimum atomic E-state index is 0.250. The lowest BCUT2D eigenvalue weighted by Crippen LogP contribution is -2.01. The first-order valence-electron chi connectivity index (χ1n) is 8.59. The van der Waals surface area contributed by atoms with Crippen LogP contribution in [-0.2, 0) is 6.54 Å². The number of anilines is 1. The number of aryl methyl sites for hydroxylation is 1. The zero-order valence-electron chi connectivity index (χ0n) is 14.3. The van der Waals surface area contributed by atoms with Gasteiger partial charge < -0.3 is 19.8 Å². The normalized spacial score (nSPS) is 14.6. The summed E-state index contributed by atoms with van der Waals surface area (Å²) in [7, 11) is 0. The van der Waals surface area contributed by atoms with Gasteiger partial charge in [0.15, 0.2) is 22.5 Å². The van der Waals surface area contributed by atoms with Crippen LogP contribution in [0.4, 0.5) is 5.82 Å². The average Bonchev–Trinajstić information content (AvgIpc) is 3.26. The SMILES string of the molecule is Nc1nccc2c1nc(Sc1cc3c(cc1Br)OCO3)n2CCCC1=NC1. The lowest BCUT2D eigenvalue weighted by molar-refractivity contribution is 0.174. The monoisotopic (exact) mass is 445 g/mol. The van der Waals surface area contributed by atoms with Gasteiger partial charge >= 0.3 is 0 Å². The summed E-state index contributed by atoms with van der Waals surface area (Å²) in [5.74, 6) is 1.94. The predicted octanol–water partition coefficient (Wildman–Crippen LogP) is 3.89. The summed E-state index contributed by atoms with van der Waals surface area (Å²) in [5, 5.41) is 0.877. The Balaban J connectivity index is 1.51. The van der Waals surface area contributed by atoms with E-state index in [1.807, 2.05) is 18.2 Å². The van der Waals surface area contributed by atoms with Crippen LogP contribution in [0.1, 0.15) is 12.8 Å². The third kappa shape index (κ3) is 3.25. The van der Waals surface area contributed by atoms with Gasteiger partial charge in [-0.05, 0) is 47.0 Å². The van der Waals surface area contributed by atoms with Crippen LogP contribution in [0, 0.1) is 0 Å². The highest BCUT2D eigenvalue weighted by atomic mass is 79.9. The summed E-state index contributed by atoms with van der Waals surface area (Å²) < 4.78 is 14.1. The maximum absolute atomic E-state index is 6.06. The van der Waals surface area contributed by atoms with Crippen molar-refractivity contribution in [3.8, 4) is 11.5 Å². The number of ether oxygens (including phenoxy) is 2. The molecule has 0 atom stereocenters. The van der Waals surface area contributed by atoms with Crippen molar-refractivity contribution in [2.24, 2.45) is 4.99 Å². The molecule has 0 saturated heterocycles. The van der Waals surface area contributed by atoms with Gasteiger partial charge in [-0.3, -0.25) is 4.99 Å². The summed E-state index contributed by atoms with van der Waals surface area (Å²) >= 11 is 5.20. The fourth-order valence-corrected chi connectivity index (χ4v) is 4.60. The van der Waals surface area contributed by atoms with Crippen molar-refractivity contribution in [2.75, 3.05) is 19.1 Å². The molecule has 0 spiro atoms. The number of nitrogen functional groups attached to an aromatic ring is 1. The Morgan fingerprint density at radius 1 is 1.26 bits per heavy atom. The highest BCUT2D eigenvalue weighted by Crippen LogP contribution is 2.43. The summed E-state index contributed by atoms with van der Waals surface area (Å²) in [6.45, 7) is 2.03. The maximum atomic E-state index is 6.06. The topological polar surface area (TPSA) is 87.5 Å². The van der Waals surface area contributed by atoms with E-state index in [9.17, 15) is 0 Å². The Hall–Kier alpha value is -2.26. The van der Waals surface area contributed by atoms with E-state index < -0.39 is 0 Å². The molecule has 2 aromatic heterocycles. The molecule has 1 aromatic carbocycles. The van der Waals surface area contributed by atoms with Crippen LogP contribution in [-0.4, -0.2) is 33.6 Å². The average molecular weight is 446 g/mol. The molecule has 2 aliphatic rings. The van der Waals surface area contributed by atoms with Gasteiger partial charge in [-0.1, -0.05) is 11.8 Å². The molecule has 7 nitrogen and oxygen atoms in total. The van der Waals surface area contributed by atoms with Crippen LogP contribution in [0.5, 0.6) is 11.5 Å². The number of hydrogen-bond donors (Lipinski definition) is 1. The number of aliphatic imine (C=N–C) groups is 1. The molecule has 0 aliphatic carbocycles. The molecule has 0 saturated carbocycles. The fourth-order valence-electron chi connectivity index (χ4n) is 3.08. The molecule has 3 aromatic rings.